The van der Waals surface area contributed by atoms with Crippen molar-refractivity contribution < 1.29 is 9.59 Å². The summed E-state index contributed by atoms with van der Waals surface area (Å²) in [6.45, 7) is 1.95. The number of halogens is 2. The molecule has 1 atom stereocenters. The van der Waals surface area contributed by atoms with Gasteiger partial charge in [0.15, 0.2) is 0 Å². The predicted octanol–water partition coefficient (Wildman–Crippen LogP) is 6.38. The molecule has 0 saturated carbocycles. The topological polar surface area (TPSA) is 58.2 Å². The van der Waals surface area contributed by atoms with Crippen molar-refractivity contribution in [2.24, 2.45) is 0 Å². The van der Waals surface area contributed by atoms with Crippen LogP contribution in [0.5, 0.6) is 0 Å². The molecule has 0 spiro atoms. The van der Waals surface area contributed by atoms with Crippen LogP contribution in [0, 0.1) is 0 Å². The molecule has 0 aliphatic heterocycles. The third-order valence-electron chi connectivity index (χ3n) is 4.56. The summed E-state index contributed by atoms with van der Waals surface area (Å²) >= 11 is 12.3. The molecular weight excluding hydrogens is 407 g/mol. The van der Waals surface area contributed by atoms with Gasteiger partial charge in [0.1, 0.15) is 0 Å². The zero-order chi connectivity index (χ0) is 20.8. The van der Waals surface area contributed by atoms with Gasteiger partial charge in [0.05, 0.1) is 32.9 Å². The summed E-state index contributed by atoms with van der Waals surface area (Å²) in [5.74, 6) is -0.899. The molecule has 6 heteroatoms. The molecule has 0 unspecified atom stereocenters. The molecule has 0 fully saturated rings. The lowest BCUT2D eigenvalue weighted by Crippen LogP contribution is -2.23. The SMILES string of the molecule is CC[C@H](C(=O)Nc1ccccc1C(=O)Nc1c(Cl)cccc1Cl)c1ccccc1. The first-order valence-electron chi connectivity index (χ1n) is 9.21. The minimum absolute atomic E-state index is 0.172. The summed E-state index contributed by atoms with van der Waals surface area (Å²) < 4.78 is 0. The highest BCUT2D eigenvalue weighted by Gasteiger charge is 2.21. The number of hydrogen-bond donors (Lipinski definition) is 2. The van der Waals surface area contributed by atoms with Gasteiger partial charge in [-0.1, -0.05) is 78.7 Å². The van der Waals surface area contributed by atoms with Crippen LogP contribution < -0.4 is 10.6 Å². The molecule has 2 amide bonds. The van der Waals surface area contributed by atoms with E-state index in [9.17, 15) is 9.59 Å². The predicted molar refractivity (Wildman–Crippen MR) is 119 cm³/mol. The van der Waals surface area contributed by atoms with Crippen LogP contribution in [0.3, 0.4) is 0 Å². The molecule has 29 heavy (non-hydrogen) atoms. The standard InChI is InChI=1S/C23H20Cl2N2O2/c1-2-16(15-9-4-3-5-10-15)22(28)26-20-14-7-6-11-17(20)23(29)27-21-18(24)12-8-13-19(21)25/h3-14,16H,2H2,1H3,(H,26,28)(H,27,29)/t16-/m0/s1. The third kappa shape index (κ3) is 4.97. The van der Waals surface area contributed by atoms with E-state index in [-0.39, 0.29) is 11.8 Å². The van der Waals surface area contributed by atoms with Gasteiger partial charge in [0.2, 0.25) is 5.91 Å². The number of anilines is 2. The largest absolute Gasteiger partial charge is 0.325 e. The van der Waals surface area contributed by atoms with Crippen LogP contribution in [0.2, 0.25) is 10.0 Å². The highest BCUT2D eigenvalue weighted by atomic mass is 35.5. The van der Waals surface area contributed by atoms with Gasteiger partial charge in [-0.05, 0) is 36.2 Å². The highest BCUT2D eigenvalue weighted by Crippen LogP contribution is 2.31. The summed E-state index contributed by atoms with van der Waals surface area (Å²) in [7, 11) is 0. The molecule has 0 heterocycles. The molecule has 3 rings (SSSR count). The Kier molecular flexibility index (Phi) is 6.91. The third-order valence-corrected chi connectivity index (χ3v) is 5.19. The van der Waals surface area contributed by atoms with E-state index < -0.39 is 5.91 Å². The Labute approximate surface area is 179 Å². The molecule has 0 aliphatic rings. The van der Waals surface area contributed by atoms with Gasteiger partial charge >= 0.3 is 0 Å². The summed E-state index contributed by atoms with van der Waals surface area (Å²) in [4.78, 5) is 25.8. The smallest absolute Gasteiger partial charge is 0.257 e. The molecular formula is C23H20Cl2N2O2. The van der Waals surface area contributed by atoms with E-state index in [1.165, 1.54) is 0 Å². The first-order valence-corrected chi connectivity index (χ1v) is 9.97. The second-order valence-corrected chi connectivity index (χ2v) is 7.27. The second kappa shape index (κ2) is 9.59. The Morgan fingerprint density at radius 3 is 2.10 bits per heavy atom. The fraction of sp³-hybridized carbons (Fsp3) is 0.130. The van der Waals surface area contributed by atoms with E-state index in [1.54, 1.807) is 42.5 Å². The maximum atomic E-state index is 12.9. The van der Waals surface area contributed by atoms with Gasteiger partial charge in [0.25, 0.3) is 5.91 Å². The van der Waals surface area contributed by atoms with Crippen LogP contribution in [0.25, 0.3) is 0 Å². The Morgan fingerprint density at radius 2 is 1.45 bits per heavy atom. The van der Waals surface area contributed by atoms with Crippen molar-refractivity contribution in [2.45, 2.75) is 19.3 Å². The van der Waals surface area contributed by atoms with Crippen LogP contribution >= 0.6 is 23.2 Å². The molecule has 0 aromatic heterocycles. The van der Waals surface area contributed by atoms with Crippen molar-refractivity contribution in [1.82, 2.24) is 0 Å². The average molecular weight is 427 g/mol. The van der Waals surface area contributed by atoms with Gasteiger partial charge in [-0.15, -0.1) is 0 Å². The van der Waals surface area contributed by atoms with Crippen LogP contribution in [0.4, 0.5) is 11.4 Å². The van der Waals surface area contributed by atoms with Gasteiger partial charge in [-0.3, -0.25) is 9.59 Å². The van der Waals surface area contributed by atoms with Crippen LogP contribution in [-0.4, -0.2) is 11.8 Å². The van der Waals surface area contributed by atoms with Crippen LogP contribution in [0.1, 0.15) is 35.2 Å². The first kappa shape index (κ1) is 20.9. The van der Waals surface area contributed by atoms with E-state index in [0.717, 1.165) is 5.56 Å². The fourth-order valence-corrected chi connectivity index (χ4v) is 3.56. The average Bonchev–Trinajstić information content (AvgIpc) is 2.72. The molecule has 148 valence electrons. The Bertz CT molecular complexity index is 1000. The number of carbonyl (C=O) groups is 2. The number of amides is 2. The van der Waals surface area contributed by atoms with E-state index in [2.05, 4.69) is 10.6 Å². The van der Waals surface area contributed by atoms with Crippen molar-refractivity contribution in [2.75, 3.05) is 10.6 Å². The summed E-state index contributed by atoms with van der Waals surface area (Å²) in [5.41, 5.74) is 2.00. The number of hydrogen-bond acceptors (Lipinski definition) is 2. The Morgan fingerprint density at radius 1 is 0.828 bits per heavy atom. The van der Waals surface area contributed by atoms with Crippen molar-refractivity contribution in [3.05, 3.63) is 94.0 Å². The summed E-state index contributed by atoms with van der Waals surface area (Å²) in [6, 6.07) is 21.4. The maximum absolute atomic E-state index is 12.9. The van der Waals surface area contributed by atoms with Crippen molar-refractivity contribution in [3.8, 4) is 0 Å². The van der Waals surface area contributed by atoms with E-state index in [1.807, 2.05) is 37.3 Å². The fourth-order valence-electron chi connectivity index (χ4n) is 3.07. The van der Waals surface area contributed by atoms with Crippen LogP contribution in [-0.2, 0) is 4.79 Å². The molecule has 0 radical (unpaired) electrons. The lowest BCUT2D eigenvalue weighted by molar-refractivity contribution is -0.117. The van der Waals surface area contributed by atoms with Crippen molar-refractivity contribution in [3.63, 3.8) is 0 Å². The van der Waals surface area contributed by atoms with Gasteiger partial charge in [-0.2, -0.15) is 0 Å². The minimum Gasteiger partial charge on any atom is -0.325 e. The zero-order valence-electron chi connectivity index (χ0n) is 15.8. The molecule has 3 aromatic rings. The van der Waals surface area contributed by atoms with Crippen molar-refractivity contribution in [1.29, 1.82) is 0 Å². The quantitative estimate of drug-likeness (QED) is 0.480. The monoisotopic (exact) mass is 426 g/mol. The number of carbonyl (C=O) groups excluding carboxylic acids is 2. The zero-order valence-corrected chi connectivity index (χ0v) is 17.3. The Balaban J connectivity index is 1.83. The van der Waals surface area contributed by atoms with Gasteiger partial charge in [0, 0.05) is 0 Å². The van der Waals surface area contributed by atoms with E-state index >= 15 is 0 Å². The molecule has 0 bridgehead atoms. The van der Waals surface area contributed by atoms with Crippen molar-refractivity contribution >= 4 is 46.4 Å². The van der Waals surface area contributed by atoms with E-state index in [4.69, 9.17) is 23.2 Å². The molecule has 4 nitrogen and oxygen atoms in total. The normalized spacial score (nSPS) is 11.6. The second-order valence-electron chi connectivity index (χ2n) is 6.46. The Hall–Kier alpha value is -2.82. The van der Waals surface area contributed by atoms with Gasteiger partial charge < -0.3 is 10.6 Å². The minimum atomic E-state index is -0.413. The number of rotatable bonds is 6. The lowest BCUT2D eigenvalue weighted by Gasteiger charge is -2.17. The molecule has 2 N–H and O–H groups in total. The number of benzene rings is 3. The maximum Gasteiger partial charge on any atom is 0.257 e. The molecule has 3 aromatic carbocycles. The van der Waals surface area contributed by atoms with E-state index in [0.29, 0.717) is 33.4 Å². The van der Waals surface area contributed by atoms with Crippen LogP contribution in [0.15, 0.2) is 72.8 Å². The lowest BCUT2D eigenvalue weighted by atomic mass is 9.95. The summed E-state index contributed by atoms with van der Waals surface area (Å²) in [5, 5.41) is 6.29. The number of para-hydroxylation sites is 2. The van der Waals surface area contributed by atoms with Gasteiger partial charge in [-0.25, -0.2) is 0 Å². The molecule has 0 saturated heterocycles. The first-order chi connectivity index (χ1) is 14.0. The number of nitrogens with one attached hydrogen (secondary N) is 2. The molecule has 0 aliphatic carbocycles. The summed E-state index contributed by atoms with van der Waals surface area (Å²) in [6.07, 6.45) is 0.638. The highest BCUT2D eigenvalue weighted by molar-refractivity contribution is 6.40.